The third-order valence-corrected chi connectivity index (χ3v) is 3.53. The van der Waals surface area contributed by atoms with Crippen molar-refractivity contribution >= 4 is 17.7 Å². The van der Waals surface area contributed by atoms with Crippen LogP contribution in [-0.2, 0) is 4.74 Å². The Morgan fingerprint density at radius 3 is 2.44 bits per heavy atom. The van der Waals surface area contributed by atoms with Crippen LogP contribution in [-0.4, -0.2) is 49.3 Å². The Kier molecular flexibility index (Phi) is 7.54. The number of ether oxygens (including phenoxy) is 2. The van der Waals surface area contributed by atoms with Gasteiger partial charge in [0.25, 0.3) is 0 Å². The van der Waals surface area contributed by atoms with Crippen molar-refractivity contribution in [3.63, 3.8) is 0 Å². The van der Waals surface area contributed by atoms with Gasteiger partial charge >= 0.3 is 6.09 Å². The molecule has 0 heterocycles. The maximum Gasteiger partial charge on any atom is 0.410 e. The molecule has 0 aromatic heterocycles. The molecule has 1 rings (SSSR count). The largest absolute Gasteiger partial charge is 0.497 e. The number of nitrogens with zero attached hydrogens (tertiary/aromatic N) is 2. The van der Waals surface area contributed by atoms with Crippen LogP contribution in [0.3, 0.4) is 0 Å². The first-order chi connectivity index (χ1) is 11.6. The minimum atomic E-state index is -0.504. The highest BCUT2D eigenvalue weighted by Crippen LogP contribution is 2.15. The van der Waals surface area contributed by atoms with E-state index in [1.54, 1.807) is 19.1 Å². The third kappa shape index (κ3) is 7.78. The summed E-state index contributed by atoms with van der Waals surface area (Å²) >= 11 is 0. The summed E-state index contributed by atoms with van der Waals surface area (Å²) in [5.74, 6) is 1.11. The lowest BCUT2D eigenvalue weighted by atomic mass is 10.2. The highest BCUT2D eigenvalue weighted by molar-refractivity contribution is 5.92. The van der Waals surface area contributed by atoms with Crippen molar-refractivity contribution in [2.24, 2.45) is 10.7 Å². The zero-order valence-electron chi connectivity index (χ0n) is 16.0. The fraction of sp³-hybridized carbons (Fsp3) is 0.556. The zero-order valence-corrected chi connectivity index (χ0v) is 16.0. The first-order valence-electron chi connectivity index (χ1n) is 8.29. The summed E-state index contributed by atoms with van der Waals surface area (Å²) in [6, 6.07) is 7.40. The Balaban J connectivity index is 2.45. The minimum Gasteiger partial charge on any atom is -0.497 e. The summed E-state index contributed by atoms with van der Waals surface area (Å²) in [4.78, 5) is 17.9. The molecule has 1 amide bonds. The summed E-state index contributed by atoms with van der Waals surface area (Å²) in [5, 5.41) is 3.02. The van der Waals surface area contributed by atoms with Crippen LogP contribution in [0.1, 0.15) is 34.1 Å². The molecule has 1 aromatic rings. The van der Waals surface area contributed by atoms with Gasteiger partial charge < -0.3 is 25.4 Å². The fourth-order valence-electron chi connectivity index (χ4n) is 1.94. The number of anilines is 1. The highest BCUT2D eigenvalue weighted by Gasteiger charge is 2.22. The topological polar surface area (TPSA) is 89.2 Å². The van der Waals surface area contributed by atoms with Crippen molar-refractivity contribution in [3.05, 3.63) is 24.3 Å². The van der Waals surface area contributed by atoms with E-state index in [1.807, 2.05) is 52.0 Å². The number of hydrogen-bond acceptors (Lipinski definition) is 4. The van der Waals surface area contributed by atoms with Crippen molar-refractivity contribution in [1.82, 2.24) is 4.90 Å². The minimum absolute atomic E-state index is 0.00705. The smallest absolute Gasteiger partial charge is 0.410 e. The molecule has 0 aliphatic rings. The van der Waals surface area contributed by atoms with Crippen LogP contribution in [0.5, 0.6) is 5.75 Å². The number of rotatable bonds is 6. The van der Waals surface area contributed by atoms with Gasteiger partial charge in [-0.1, -0.05) is 0 Å². The molecule has 0 saturated carbocycles. The van der Waals surface area contributed by atoms with E-state index in [0.29, 0.717) is 18.9 Å². The van der Waals surface area contributed by atoms with Gasteiger partial charge in [-0.15, -0.1) is 0 Å². The maximum absolute atomic E-state index is 12.0. The van der Waals surface area contributed by atoms with Gasteiger partial charge in [0.05, 0.1) is 7.11 Å². The molecule has 1 atom stereocenters. The van der Waals surface area contributed by atoms with Crippen LogP contribution in [0.25, 0.3) is 0 Å². The molecule has 25 heavy (non-hydrogen) atoms. The Hall–Kier alpha value is -2.44. The third-order valence-electron chi connectivity index (χ3n) is 3.53. The molecule has 0 fully saturated rings. The molecule has 0 spiro atoms. The molecule has 1 aromatic carbocycles. The second kappa shape index (κ2) is 9.15. The molecule has 7 heteroatoms. The average Bonchev–Trinajstić information content (AvgIpc) is 2.53. The van der Waals surface area contributed by atoms with Crippen molar-refractivity contribution in [2.75, 3.05) is 26.0 Å². The monoisotopic (exact) mass is 350 g/mol. The number of aliphatic imine (C=N–C) groups is 1. The molecule has 0 bridgehead atoms. The summed E-state index contributed by atoms with van der Waals surface area (Å²) in [6.07, 6.45) is 0.342. The Bertz CT molecular complexity index is 579. The second-order valence-electron chi connectivity index (χ2n) is 6.85. The maximum atomic E-state index is 12.0. The number of carbonyl (C=O) groups is 1. The fourth-order valence-corrected chi connectivity index (χ4v) is 1.94. The van der Waals surface area contributed by atoms with Crippen LogP contribution >= 0.6 is 0 Å². The van der Waals surface area contributed by atoms with Crippen molar-refractivity contribution in [1.29, 1.82) is 0 Å². The van der Waals surface area contributed by atoms with E-state index in [9.17, 15) is 4.79 Å². The van der Waals surface area contributed by atoms with E-state index < -0.39 is 5.60 Å². The molecule has 7 nitrogen and oxygen atoms in total. The van der Waals surface area contributed by atoms with E-state index in [0.717, 1.165) is 11.4 Å². The van der Waals surface area contributed by atoms with Crippen LogP contribution in [0.4, 0.5) is 10.5 Å². The number of benzene rings is 1. The van der Waals surface area contributed by atoms with E-state index in [4.69, 9.17) is 15.2 Å². The number of guanidine groups is 1. The van der Waals surface area contributed by atoms with Crippen molar-refractivity contribution in [3.8, 4) is 5.75 Å². The summed E-state index contributed by atoms with van der Waals surface area (Å²) < 4.78 is 10.5. The predicted octanol–water partition coefficient (Wildman–Crippen LogP) is 3.07. The molecule has 140 valence electrons. The lowest BCUT2D eigenvalue weighted by Crippen LogP contribution is -2.39. The Labute approximate surface area is 150 Å². The van der Waals surface area contributed by atoms with Crippen LogP contribution in [0.2, 0.25) is 0 Å². The number of carbonyl (C=O) groups excluding carboxylic acids is 1. The van der Waals surface area contributed by atoms with Gasteiger partial charge in [-0.05, 0) is 58.4 Å². The Morgan fingerprint density at radius 2 is 1.92 bits per heavy atom. The quantitative estimate of drug-likeness (QED) is 0.608. The lowest BCUT2D eigenvalue weighted by Gasteiger charge is -2.28. The summed E-state index contributed by atoms with van der Waals surface area (Å²) in [7, 11) is 3.34. The predicted molar refractivity (Wildman–Crippen MR) is 101 cm³/mol. The molecule has 0 aliphatic carbocycles. The van der Waals surface area contributed by atoms with Gasteiger partial charge in [0.2, 0.25) is 0 Å². The van der Waals surface area contributed by atoms with Crippen LogP contribution in [0.15, 0.2) is 29.3 Å². The van der Waals surface area contributed by atoms with Gasteiger partial charge in [-0.25, -0.2) is 4.79 Å². The first kappa shape index (κ1) is 20.6. The van der Waals surface area contributed by atoms with Gasteiger partial charge in [0, 0.05) is 25.3 Å². The standard InChI is InChI=1S/C18H30N4O3/c1-13(22(5)17(23)25-18(2,3)4)11-12-20-16(19)21-14-7-9-15(24-6)10-8-14/h7-10,13H,11-12H2,1-6H3,(H3,19,20,21). The van der Waals surface area contributed by atoms with Crippen LogP contribution < -0.4 is 15.8 Å². The molecule has 0 radical (unpaired) electrons. The van der Waals surface area contributed by atoms with E-state index in [-0.39, 0.29) is 12.1 Å². The van der Waals surface area contributed by atoms with E-state index in [1.165, 1.54) is 0 Å². The van der Waals surface area contributed by atoms with Gasteiger partial charge in [0.15, 0.2) is 5.96 Å². The zero-order chi connectivity index (χ0) is 19.0. The van der Waals surface area contributed by atoms with Gasteiger partial charge in [-0.2, -0.15) is 0 Å². The molecule has 0 saturated heterocycles. The van der Waals surface area contributed by atoms with E-state index >= 15 is 0 Å². The molecule has 1 unspecified atom stereocenters. The summed E-state index contributed by atoms with van der Waals surface area (Å²) in [5.41, 5.74) is 6.21. The van der Waals surface area contributed by atoms with Gasteiger partial charge in [0.1, 0.15) is 11.4 Å². The summed E-state index contributed by atoms with van der Waals surface area (Å²) in [6.45, 7) is 7.99. The number of hydrogen-bond donors (Lipinski definition) is 2. The lowest BCUT2D eigenvalue weighted by molar-refractivity contribution is 0.0231. The molecule has 0 aliphatic heterocycles. The van der Waals surface area contributed by atoms with Crippen LogP contribution in [0, 0.1) is 0 Å². The van der Waals surface area contributed by atoms with Gasteiger partial charge in [-0.3, -0.25) is 4.99 Å². The Morgan fingerprint density at radius 1 is 1.32 bits per heavy atom. The molecular weight excluding hydrogens is 320 g/mol. The average molecular weight is 350 g/mol. The number of nitrogens with one attached hydrogen (secondary N) is 1. The molecular formula is C18H30N4O3. The first-order valence-corrected chi connectivity index (χ1v) is 8.29. The normalized spacial score (nSPS) is 13.1. The second-order valence-corrected chi connectivity index (χ2v) is 6.85. The number of methoxy groups -OCH3 is 1. The number of amides is 1. The highest BCUT2D eigenvalue weighted by atomic mass is 16.6. The van der Waals surface area contributed by atoms with E-state index in [2.05, 4.69) is 10.3 Å². The molecule has 3 N–H and O–H groups in total. The van der Waals surface area contributed by atoms with Crippen molar-refractivity contribution in [2.45, 2.75) is 45.8 Å². The van der Waals surface area contributed by atoms with Crippen molar-refractivity contribution < 1.29 is 14.3 Å². The SMILES string of the molecule is COc1ccc(NC(N)=NCCC(C)N(C)C(=O)OC(C)(C)C)cc1. The number of nitrogens with two attached hydrogens (primary N) is 1.